The number of ether oxygens (including phenoxy) is 1. The lowest BCUT2D eigenvalue weighted by Gasteiger charge is -2.11. The van der Waals surface area contributed by atoms with Crippen molar-refractivity contribution in [2.75, 3.05) is 39.6 Å². The molecule has 0 atom stereocenters. The summed E-state index contributed by atoms with van der Waals surface area (Å²) in [6.07, 6.45) is 1.09. The molecule has 1 aromatic heterocycles. The second kappa shape index (κ2) is 5.45. The highest BCUT2D eigenvalue weighted by Gasteiger charge is 2.07. The Morgan fingerprint density at radius 3 is 2.87 bits per heavy atom. The van der Waals surface area contributed by atoms with E-state index < -0.39 is 5.82 Å². The van der Waals surface area contributed by atoms with Gasteiger partial charge in [0.15, 0.2) is 0 Å². The van der Waals surface area contributed by atoms with Crippen LogP contribution in [0.2, 0.25) is 0 Å². The van der Waals surface area contributed by atoms with Gasteiger partial charge in [0, 0.05) is 13.6 Å². The zero-order chi connectivity index (χ0) is 11.3. The molecule has 0 saturated heterocycles. The third-order valence-corrected chi connectivity index (χ3v) is 1.71. The van der Waals surface area contributed by atoms with Gasteiger partial charge in [0.1, 0.15) is 6.61 Å². The summed E-state index contributed by atoms with van der Waals surface area (Å²) in [5.41, 5.74) is 0. The Hall–Kier alpha value is -1.43. The number of likely N-dealkylation sites (N-methyl/N-ethyl adjacent to an activating group) is 1. The van der Waals surface area contributed by atoms with Gasteiger partial charge in [0.25, 0.3) is 5.88 Å². The summed E-state index contributed by atoms with van der Waals surface area (Å²) < 4.78 is 18.3. The van der Waals surface area contributed by atoms with Crippen molar-refractivity contribution in [3.05, 3.63) is 12.0 Å². The number of anilines is 1. The Balaban J connectivity index is 2.59. The zero-order valence-electron chi connectivity index (χ0n) is 9.12. The predicted molar refractivity (Wildman–Crippen MR) is 55.6 cm³/mol. The maximum absolute atomic E-state index is 13.1. The Morgan fingerprint density at radius 2 is 2.27 bits per heavy atom. The third-order valence-electron chi connectivity index (χ3n) is 1.71. The molecule has 1 rings (SSSR count). The lowest BCUT2D eigenvalue weighted by atomic mass is 10.5. The number of aromatic nitrogens is 2. The monoisotopic (exact) mass is 214 g/mol. The number of halogens is 1. The second-order valence-electron chi connectivity index (χ2n) is 3.25. The van der Waals surface area contributed by atoms with Crippen LogP contribution in [0.4, 0.5) is 10.3 Å². The molecule has 84 valence electrons. The molecule has 0 aromatic carbocycles. The highest BCUT2D eigenvalue weighted by Crippen LogP contribution is 2.13. The molecule has 0 aliphatic rings. The number of hydrogen-bond acceptors (Lipinski definition) is 5. The molecular formula is C9H15FN4O. The maximum atomic E-state index is 13.1. The summed E-state index contributed by atoms with van der Waals surface area (Å²) in [6.45, 7) is 1.10. The van der Waals surface area contributed by atoms with Crippen molar-refractivity contribution in [3.8, 4) is 5.88 Å². The summed E-state index contributed by atoms with van der Waals surface area (Å²) in [5, 5.41) is 2.71. The molecule has 6 heteroatoms. The van der Waals surface area contributed by atoms with Gasteiger partial charge < -0.3 is 15.0 Å². The molecule has 1 aromatic rings. The van der Waals surface area contributed by atoms with Crippen molar-refractivity contribution in [2.24, 2.45) is 0 Å². The Labute approximate surface area is 88.3 Å². The molecule has 0 aliphatic carbocycles. The minimum atomic E-state index is -0.548. The Kier molecular flexibility index (Phi) is 4.23. The summed E-state index contributed by atoms with van der Waals surface area (Å²) in [4.78, 5) is 9.51. The number of hydrogen-bond donors (Lipinski definition) is 1. The molecule has 1 heterocycles. The van der Waals surface area contributed by atoms with E-state index in [4.69, 9.17) is 4.74 Å². The lowest BCUT2D eigenvalue weighted by molar-refractivity contribution is 0.243. The van der Waals surface area contributed by atoms with Crippen LogP contribution >= 0.6 is 0 Å². The third kappa shape index (κ3) is 3.67. The highest BCUT2D eigenvalue weighted by atomic mass is 19.1. The number of rotatable bonds is 5. The van der Waals surface area contributed by atoms with Crippen molar-refractivity contribution < 1.29 is 9.13 Å². The Bertz CT molecular complexity index is 319. The summed E-state index contributed by atoms with van der Waals surface area (Å²) >= 11 is 0. The van der Waals surface area contributed by atoms with Gasteiger partial charge in [0.05, 0.1) is 6.20 Å². The van der Waals surface area contributed by atoms with Crippen LogP contribution in [0.15, 0.2) is 6.20 Å². The van der Waals surface area contributed by atoms with E-state index in [1.54, 1.807) is 7.05 Å². The number of nitrogens with zero attached hydrogens (tertiary/aromatic N) is 3. The minimum absolute atomic E-state index is 0.0174. The first kappa shape index (κ1) is 11.6. The van der Waals surface area contributed by atoms with Crippen LogP contribution in [0, 0.1) is 5.82 Å². The fourth-order valence-electron chi connectivity index (χ4n) is 0.898. The van der Waals surface area contributed by atoms with Crippen molar-refractivity contribution in [1.29, 1.82) is 0 Å². The lowest BCUT2D eigenvalue weighted by Crippen LogP contribution is -2.20. The maximum Gasteiger partial charge on any atom is 0.255 e. The smallest absolute Gasteiger partial charge is 0.255 e. The first-order valence-electron chi connectivity index (χ1n) is 4.61. The van der Waals surface area contributed by atoms with E-state index in [2.05, 4.69) is 15.3 Å². The normalized spacial score (nSPS) is 10.5. The first-order chi connectivity index (χ1) is 7.13. The van der Waals surface area contributed by atoms with Crippen LogP contribution in [-0.4, -0.2) is 49.2 Å². The fraction of sp³-hybridized carbons (Fsp3) is 0.556. The van der Waals surface area contributed by atoms with Crippen molar-refractivity contribution in [3.63, 3.8) is 0 Å². The van der Waals surface area contributed by atoms with Gasteiger partial charge in [-0.05, 0) is 14.1 Å². The van der Waals surface area contributed by atoms with Crippen LogP contribution in [0.1, 0.15) is 0 Å². The van der Waals surface area contributed by atoms with Crippen molar-refractivity contribution in [2.45, 2.75) is 0 Å². The van der Waals surface area contributed by atoms with Gasteiger partial charge in [-0.2, -0.15) is 9.37 Å². The van der Waals surface area contributed by atoms with E-state index >= 15 is 0 Å². The van der Waals surface area contributed by atoms with Crippen LogP contribution in [-0.2, 0) is 0 Å². The quantitative estimate of drug-likeness (QED) is 0.777. The van der Waals surface area contributed by atoms with E-state index in [-0.39, 0.29) is 5.88 Å². The Morgan fingerprint density at radius 1 is 1.53 bits per heavy atom. The van der Waals surface area contributed by atoms with Crippen LogP contribution in [0.25, 0.3) is 0 Å². The molecule has 0 radical (unpaired) electrons. The van der Waals surface area contributed by atoms with Gasteiger partial charge in [-0.25, -0.2) is 4.98 Å². The molecule has 0 saturated carbocycles. The molecule has 0 unspecified atom stereocenters. The van der Waals surface area contributed by atoms with Gasteiger partial charge in [-0.3, -0.25) is 0 Å². The molecule has 5 nitrogen and oxygen atoms in total. The van der Waals surface area contributed by atoms with E-state index in [1.807, 2.05) is 19.0 Å². The van der Waals surface area contributed by atoms with Gasteiger partial charge in [-0.1, -0.05) is 0 Å². The standard InChI is InChI=1S/C9H15FN4O/c1-11-9-12-6-7(10)8(13-9)15-5-4-14(2)3/h6H,4-5H2,1-3H3,(H,11,12,13). The van der Waals surface area contributed by atoms with Crippen molar-refractivity contribution in [1.82, 2.24) is 14.9 Å². The van der Waals surface area contributed by atoms with Crippen LogP contribution in [0.5, 0.6) is 5.88 Å². The van der Waals surface area contributed by atoms with Gasteiger partial charge >= 0.3 is 0 Å². The average Bonchev–Trinajstić information content (AvgIpc) is 2.20. The molecule has 15 heavy (non-hydrogen) atoms. The summed E-state index contributed by atoms with van der Waals surface area (Å²) in [6, 6.07) is 0. The van der Waals surface area contributed by atoms with E-state index in [1.165, 1.54) is 0 Å². The predicted octanol–water partition coefficient (Wildman–Crippen LogP) is 0.598. The molecule has 0 spiro atoms. The SMILES string of the molecule is CNc1ncc(F)c(OCCN(C)C)n1. The molecular weight excluding hydrogens is 199 g/mol. The molecule has 0 fully saturated rings. The summed E-state index contributed by atoms with van der Waals surface area (Å²) in [5.74, 6) is -0.222. The molecule has 0 aliphatic heterocycles. The topological polar surface area (TPSA) is 50.3 Å². The largest absolute Gasteiger partial charge is 0.474 e. The van der Waals surface area contributed by atoms with Crippen molar-refractivity contribution >= 4 is 5.95 Å². The molecule has 1 N–H and O–H groups in total. The highest BCUT2D eigenvalue weighted by molar-refractivity contribution is 5.27. The summed E-state index contributed by atoms with van der Waals surface area (Å²) in [7, 11) is 5.49. The van der Waals surface area contributed by atoms with E-state index in [0.717, 1.165) is 6.20 Å². The average molecular weight is 214 g/mol. The van der Waals surface area contributed by atoms with Gasteiger partial charge in [-0.15, -0.1) is 0 Å². The van der Waals surface area contributed by atoms with Crippen LogP contribution < -0.4 is 10.1 Å². The zero-order valence-corrected chi connectivity index (χ0v) is 9.12. The van der Waals surface area contributed by atoms with E-state index in [0.29, 0.717) is 19.1 Å². The van der Waals surface area contributed by atoms with Crippen LogP contribution in [0.3, 0.4) is 0 Å². The number of nitrogens with one attached hydrogen (secondary N) is 1. The molecule has 0 amide bonds. The minimum Gasteiger partial charge on any atom is -0.474 e. The van der Waals surface area contributed by atoms with E-state index in [9.17, 15) is 4.39 Å². The first-order valence-corrected chi connectivity index (χ1v) is 4.61. The van der Waals surface area contributed by atoms with Gasteiger partial charge in [0.2, 0.25) is 11.8 Å². The fourth-order valence-corrected chi connectivity index (χ4v) is 0.898. The molecule has 0 bridgehead atoms. The second-order valence-corrected chi connectivity index (χ2v) is 3.25.